The Morgan fingerprint density at radius 3 is 2.82 bits per heavy atom. The van der Waals surface area contributed by atoms with Crippen LogP contribution in [0.1, 0.15) is 43.4 Å². The van der Waals surface area contributed by atoms with Crippen LogP contribution in [0.5, 0.6) is 11.6 Å². The Balaban J connectivity index is 0.00000385. The molecule has 0 radical (unpaired) electrons. The fourth-order valence-corrected chi connectivity index (χ4v) is 3.42. The minimum absolute atomic E-state index is 0. The second-order valence-corrected chi connectivity index (χ2v) is 8.02. The largest absolute Gasteiger partial charge is 0.493 e. The van der Waals surface area contributed by atoms with Crippen molar-refractivity contribution in [2.45, 2.75) is 46.7 Å². The van der Waals surface area contributed by atoms with E-state index in [0.29, 0.717) is 38.1 Å². The van der Waals surface area contributed by atoms with E-state index in [2.05, 4.69) is 54.6 Å². The number of nitrogens with one attached hydrogen (secondary N) is 2. The smallest absolute Gasteiger partial charge is 0.218 e. The summed E-state index contributed by atoms with van der Waals surface area (Å²) in [6.45, 7) is 11.1. The van der Waals surface area contributed by atoms with E-state index in [-0.39, 0.29) is 24.0 Å². The Hall–Kier alpha value is -2.07. The summed E-state index contributed by atoms with van der Waals surface area (Å²) in [5.74, 6) is 2.79. The van der Waals surface area contributed by atoms with Crippen molar-refractivity contribution in [3.63, 3.8) is 0 Å². The number of benzene rings is 1. The van der Waals surface area contributed by atoms with Crippen molar-refractivity contribution in [2.24, 2.45) is 10.9 Å². The molecule has 0 aliphatic carbocycles. The SMILES string of the molecule is CCCOc1ncccc1CN=C(NCC)NCc1ccc(C)cc1OCC1CCOC1.I. The van der Waals surface area contributed by atoms with Crippen LogP contribution in [-0.4, -0.2) is 43.9 Å². The molecule has 3 rings (SSSR count). The van der Waals surface area contributed by atoms with Gasteiger partial charge in [0, 0.05) is 42.9 Å². The van der Waals surface area contributed by atoms with Crippen LogP contribution in [0.15, 0.2) is 41.5 Å². The highest BCUT2D eigenvalue weighted by Gasteiger charge is 2.17. The van der Waals surface area contributed by atoms with Gasteiger partial charge in [-0.2, -0.15) is 0 Å². The first-order valence-corrected chi connectivity index (χ1v) is 11.6. The van der Waals surface area contributed by atoms with Crippen molar-refractivity contribution in [3.05, 3.63) is 53.2 Å². The van der Waals surface area contributed by atoms with E-state index in [4.69, 9.17) is 19.2 Å². The lowest BCUT2D eigenvalue weighted by atomic mass is 10.1. The molecule has 1 atom stereocenters. The fourth-order valence-electron chi connectivity index (χ4n) is 3.42. The number of aliphatic imine (C=N–C) groups is 1. The number of hydrogen-bond acceptors (Lipinski definition) is 5. The van der Waals surface area contributed by atoms with Gasteiger partial charge in [0.2, 0.25) is 5.88 Å². The van der Waals surface area contributed by atoms with Crippen molar-refractivity contribution in [2.75, 3.05) is 33.0 Å². The zero-order valence-electron chi connectivity index (χ0n) is 19.9. The van der Waals surface area contributed by atoms with Crippen LogP contribution in [-0.2, 0) is 17.8 Å². The molecule has 7 nitrogen and oxygen atoms in total. The summed E-state index contributed by atoms with van der Waals surface area (Å²) in [4.78, 5) is 9.09. The second kappa shape index (κ2) is 15.0. The maximum Gasteiger partial charge on any atom is 0.218 e. The van der Waals surface area contributed by atoms with E-state index in [1.54, 1.807) is 6.20 Å². The summed E-state index contributed by atoms with van der Waals surface area (Å²) in [5, 5.41) is 6.74. The Kier molecular flexibility index (Phi) is 12.3. The van der Waals surface area contributed by atoms with E-state index in [9.17, 15) is 0 Å². The van der Waals surface area contributed by atoms with E-state index in [0.717, 1.165) is 55.4 Å². The zero-order chi connectivity index (χ0) is 22.6. The summed E-state index contributed by atoms with van der Waals surface area (Å²) < 4.78 is 17.4. The van der Waals surface area contributed by atoms with Gasteiger partial charge in [-0.3, -0.25) is 0 Å². The predicted molar refractivity (Wildman–Crippen MR) is 143 cm³/mol. The standard InChI is InChI=1S/C25H36N4O3.HI/c1-4-12-31-24-22(7-6-11-27-24)16-29-25(26-5-2)28-15-21-9-8-19(3)14-23(21)32-18-20-10-13-30-17-20;/h6-9,11,14,20H,4-5,10,12-13,15-18H2,1-3H3,(H2,26,28,29);1H. The molecule has 1 aliphatic rings. The highest BCUT2D eigenvalue weighted by Crippen LogP contribution is 2.23. The normalized spacial score (nSPS) is 15.6. The lowest BCUT2D eigenvalue weighted by Gasteiger charge is -2.17. The summed E-state index contributed by atoms with van der Waals surface area (Å²) in [6, 6.07) is 10.2. The molecule has 0 amide bonds. The van der Waals surface area contributed by atoms with Gasteiger partial charge in [0.05, 0.1) is 26.4 Å². The van der Waals surface area contributed by atoms with E-state index in [1.165, 1.54) is 5.56 Å². The number of pyridine rings is 1. The average Bonchev–Trinajstić information content (AvgIpc) is 3.33. The van der Waals surface area contributed by atoms with Gasteiger partial charge in [-0.15, -0.1) is 24.0 Å². The van der Waals surface area contributed by atoms with Crippen LogP contribution in [0.2, 0.25) is 0 Å². The van der Waals surface area contributed by atoms with E-state index < -0.39 is 0 Å². The minimum Gasteiger partial charge on any atom is -0.493 e. The Bertz CT molecular complexity index is 872. The molecule has 1 aromatic heterocycles. The fraction of sp³-hybridized carbons (Fsp3) is 0.520. The number of hydrogen-bond donors (Lipinski definition) is 2. The van der Waals surface area contributed by atoms with Crippen LogP contribution < -0.4 is 20.1 Å². The number of aryl methyl sites for hydroxylation is 1. The van der Waals surface area contributed by atoms with Gasteiger partial charge in [-0.25, -0.2) is 9.98 Å². The van der Waals surface area contributed by atoms with Gasteiger partial charge in [0.1, 0.15) is 5.75 Å². The summed E-state index contributed by atoms with van der Waals surface area (Å²) >= 11 is 0. The van der Waals surface area contributed by atoms with Crippen LogP contribution >= 0.6 is 24.0 Å². The predicted octanol–water partition coefficient (Wildman–Crippen LogP) is 4.47. The second-order valence-electron chi connectivity index (χ2n) is 8.02. The van der Waals surface area contributed by atoms with Crippen molar-refractivity contribution in [1.29, 1.82) is 0 Å². The molecular formula is C25H37IN4O3. The van der Waals surface area contributed by atoms with Gasteiger partial charge in [-0.05, 0) is 44.4 Å². The number of nitrogens with zero attached hydrogens (tertiary/aromatic N) is 2. The maximum absolute atomic E-state index is 6.17. The molecule has 8 heteroatoms. The molecule has 0 saturated carbocycles. The van der Waals surface area contributed by atoms with Gasteiger partial charge in [-0.1, -0.05) is 25.1 Å². The number of guanidine groups is 1. The van der Waals surface area contributed by atoms with Gasteiger partial charge >= 0.3 is 0 Å². The summed E-state index contributed by atoms with van der Waals surface area (Å²) in [5.41, 5.74) is 3.26. The number of aromatic nitrogens is 1. The molecule has 2 aromatic rings. The number of ether oxygens (including phenoxy) is 3. The van der Waals surface area contributed by atoms with Crippen LogP contribution in [0, 0.1) is 12.8 Å². The zero-order valence-corrected chi connectivity index (χ0v) is 22.3. The molecule has 1 saturated heterocycles. The van der Waals surface area contributed by atoms with E-state index in [1.807, 2.05) is 12.1 Å². The van der Waals surface area contributed by atoms with E-state index >= 15 is 0 Å². The Morgan fingerprint density at radius 1 is 1.18 bits per heavy atom. The van der Waals surface area contributed by atoms with Crippen LogP contribution in [0.4, 0.5) is 0 Å². The molecule has 1 unspecified atom stereocenters. The monoisotopic (exact) mass is 568 g/mol. The molecule has 33 heavy (non-hydrogen) atoms. The minimum atomic E-state index is 0. The highest BCUT2D eigenvalue weighted by molar-refractivity contribution is 14.0. The van der Waals surface area contributed by atoms with Crippen molar-refractivity contribution in [1.82, 2.24) is 15.6 Å². The molecule has 0 bridgehead atoms. The lowest BCUT2D eigenvalue weighted by molar-refractivity contribution is 0.166. The first kappa shape index (κ1) is 27.2. The molecule has 2 N–H and O–H groups in total. The molecule has 2 heterocycles. The topological polar surface area (TPSA) is 77.0 Å². The van der Waals surface area contributed by atoms with Crippen molar-refractivity contribution in [3.8, 4) is 11.6 Å². The molecule has 1 aliphatic heterocycles. The summed E-state index contributed by atoms with van der Waals surface area (Å²) in [7, 11) is 0. The van der Waals surface area contributed by atoms with Crippen molar-refractivity contribution < 1.29 is 14.2 Å². The summed E-state index contributed by atoms with van der Waals surface area (Å²) in [6.07, 6.45) is 3.76. The highest BCUT2D eigenvalue weighted by atomic mass is 127. The molecule has 1 aromatic carbocycles. The first-order chi connectivity index (χ1) is 15.7. The average molecular weight is 569 g/mol. The van der Waals surface area contributed by atoms with Crippen LogP contribution in [0.3, 0.4) is 0 Å². The molecule has 0 spiro atoms. The number of rotatable bonds is 11. The van der Waals surface area contributed by atoms with Gasteiger partial charge in [0.15, 0.2) is 5.96 Å². The quantitative estimate of drug-likeness (QED) is 0.237. The Morgan fingerprint density at radius 2 is 2.06 bits per heavy atom. The third-order valence-electron chi connectivity index (χ3n) is 5.21. The lowest BCUT2D eigenvalue weighted by Crippen LogP contribution is -2.37. The third kappa shape index (κ3) is 9.00. The van der Waals surface area contributed by atoms with Gasteiger partial charge < -0.3 is 24.8 Å². The van der Waals surface area contributed by atoms with Gasteiger partial charge in [0.25, 0.3) is 0 Å². The molecular weight excluding hydrogens is 531 g/mol. The van der Waals surface area contributed by atoms with Crippen LogP contribution in [0.25, 0.3) is 0 Å². The molecule has 182 valence electrons. The maximum atomic E-state index is 6.17. The number of halogens is 1. The Labute approximate surface area is 214 Å². The first-order valence-electron chi connectivity index (χ1n) is 11.6. The van der Waals surface area contributed by atoms with Crippen molar-refractivity contribution >= 4 is 29.9 Å². The third-order valence-corrected chi connectivity index (χ3v) is 5.21. The molecule has 1 fully saturated rings.